The van der Waals surface area contributed by atoms with E-state index < -0.39 is 0 Å². The summed E-state index contributed by atoms with van der Waals surface area (Å²) in [6.45, 7) is 3.61. The molecule has 100 valence electrons. The third-order valence-corrected chi connectivity index (χ3v) is 3.83. The molecular formula is C16H25NO. The van der Waals surface area contributed by atoms with Crippen LogP contribution in [0.15, 0.2) is 30.3 Å². The summed E-state index contributed by atoms with van der Waals surface area (Å²) in [7, 11) is 1.84. The average Bonchev–Trinajstić information content (AvgIpc) is 2.45. The molecule has 0 spiro atoms. The van der Waals surface area contributed by atoms with Gasteiger partial charge in [-0.3, -0.25) is 0 Å². The van der Waals surface area contributed by atoms with Crippen molar-refractivity contribution in [2.45, 2.75) is 38.2 Å². The minimum atomic E-state index is 0.466. The van der Waals surface area contributed by atoms with Crippen LogP contribution < -0.4 is 0 Å². The van der Waals surface area contributed by atoms with Gasteiger partial charge in [0.2, 0.25) is 0 Å². The molecule has 1 unspecified atom stereocenters. The van der Waals surface area contributed by atoms with Crippen LogP contribution in [0.3, 0.4) is 0 Å². The fourth-order valence-corrected chi connectivity index (χ4v) is 2.72. The highest BCUT2D eigenvalue weighted by Crippen LogP contribution is 2.13. The molecule has 1 atom stereocenters. The van der Waals surface area contributed by atoms with Crippen molar-refractivity contribution in [2.75, 3.05) is 26.7 Å². The van der Waals surface area contributed by atoms with E-state index in [1.165, 1.54) is 50.8 Å². The van der Waals surface area contributed by atoms with Gasteiger partial charge in [0.1, 0.15) is 0 Å². The van der Waals surface area contributed by atoms with Crippen molar-refractivity contribution in [1.29, 1.82) is 0 Å². The Bertz CT molecular complexity index is 325. The fourth-order valence-electron chi connectivity index (χ4n) is 2.72. The molecule has 18 heavy (non-hydrogen) atoms. The molecule has 1 aliphatic heterocycles. The van der Waals surface area contributed by atoms with Crippen molar-refractivity contribution in [2.24, 2.45) is 0 Å². The van der Waals surface area contributed by atoms with Gasteiger partial charge in [-0.1, -0.05) is 30.3 Å². The van der Waals surface area contributed by atoms with Gasteiger partial charge in [-0.2, -0.15) is 0 Å². The molecule has 0 N–H and O–H groups in total. The number of rotatable bonds is 6. The maximum Gasteiger partial charge on any atom is 0.0698 e. The first-order valence-corrected chi connectivity index (χ1v) is 7.17. The van der Waals surface area contributed by atoms with Gasteiger partial charge in [-0.05, 0) is 50.8 Å². The van der Waals surface area contributed by atoms with Crippen molar-refractivity contribution >= 4 is 0 Å². The molecule has 2 heteroatoms. The van der Waals surface area contributed by atoms with Gasteiger partial charge in [-0.25, -0.2) is 0 Å². The molecule has 2 nitrogen and oxygen atoms in total. The third-order valence-electron chi connectivity index (χ3n) is 3.83. The van der Waals surface area contributed by atoms with Crippen LogP contribution in [0.1, 0.15) is 31.2 Å². The Morgan fingerprint density at radius 2 is 2.06 bits per heavy atom. The predicted octanol–water partition coefficient (Wildman–Crippen LogP) is 3.12. The number of methoxy groups -OCH3 is 1. The van der Waals surface area contributed by atoms with Crippen LogP contribution in [-0.4, -0.2) is 37.7 Å². The van der Waals surface area contributed by atoms with Crippen LogP contribution in [0.5, 0.6) is 0 Å². The largest absolute Gasteiger partial charge is 0.380 e. The molecule has 0 saturated carbocycles. The van der Waals surface area contributed by atoms with Gasteiger partial charge in [0.25, 0.3) is 0 Å². The second-order valence-electron chi connectivity index (χ2n) is 5.24. The molecule has 1 aromatic rings. The molecule has 1 fully saturated rings. The number of benzene rings is 1. The van der Waals surface area contributed by atoms with E-state index in [1.54, 1.807) is 0 Å². The first kappa shape index (κ1) is 13.6. The van der Waals surface area contributed by atoms with E-state index in [2.05, 4.69) is 35.2 Å². The number of piperidine rings is 1. The van der Waals surface area contributed by atoms with Crippen LogP contribution in [0.2, 0.25) is 0 Å². The van der Waals surface area contributed by atoms with Crippen molar-refractivity contribution in [3.63, 3.8) is 0 Å². The van der Waals surface area contributed by atoms with Crippen LogP contribution in [0.25, 0.3) is 0 Å². The zero-order valence-electron chi connectivity index (χ0n) is 11.5. The van der Waals surface area contributed by atoms with E-state index in [0.29, 0.717) is 6.10 Å². The number of ether oxygens (including phenoxy) is 1. The minimum Gasteiger partial charge on any atom is -0.380 e. The highest BCUT2D eigenvalue weighted by atomic mass is 16.5. The van der Waals surface area contributed by atoms with Crippen LogP contribution in [0, 0.1) is 0 Å². The Hall–Kier alpha value is -0.860. The molecule has 0 aliphatic carbocycles. The van der Waals surface area contributed by atoms with Crippen LogP contribution >= 0.6 is 0 Å². The molecule has 0 aromatic heterocycles. The maximum atomic E-state index is 5.46. The predicted molar refractivity (Wildman–Crippen MR) is 75.9 cm³/mol. The van der Waals surface area contributed by atoms with Gasteiger partial charge in [0, 0.05) is 13.7 Å². The lowest BCUT2D eigenvalue weighted by atomic mass is 10.1. The Morgan fingerprint density at radius 1 is 1.22 bits per heavy atom. The zero-order chi connectivity index (χ0) is 12.6. The summed E-state index contributed by atoms with van der Waals surface area (Å²) >= 11 is 0. The summed E-state index contributed by atoms with van der Waals surface area (Å²) in [4.78, 5) is 2.56. The Balaban J connectivity index is 1.60. The van der Waals surface area contributed by atoms with E-state index in [9.17, 15) is 0 Å². The van der Waals surface area contributed by atoms with Crippen LogP contribution in [-0.2, 0) is 11.2 Å². The fraction of sp³-hybridized carbons (Fsp3) is 0.625. The normalized spacial score (nSPS) is 21.1. The standard InChI is InChI=1S/C16H25NO/c1-18-16-11-7-13-17(14-16)12-6-5-10-15-8-3-2-4-9-15/h2-4,8-9,16H,5-7,10-14H2,1H3. The number of unbranched alkanes of at least 4 members (excludes halogenated alkanes) is 1. The third kappa shape index (κ3) is 4.43. The summed E-state index contributed by atoms with van der Waals surface area (Å²) < 4.78 is 5.46. The Morgan fingerprint density at radius 3 is 2.83 bits per heavy atom. The SMILES string of the molecule is COC1CCCN(CCCCc2ccccc2)C1. The summed E-state index contributed by atoms with van der Waals surface area (Å²) in [5.41, 5.74) is 1.46. The highest BCUT2D eigenvalue weighted by Gasteiger charge is 2.18. The van der Waals surface area contributed by atoms with Crippen molar-refractivity contribution in [1.82, 2.24) is 4.90 Å². The van der Waals surface area contributed by atoms with Crippen molar-refractivity contribution in [3.05, 3.63) is 35.9 Å². The zero-order valence-corrected chi connectivity index (χ0v) is 11.5. The quantitative estimate of drug-likeness (QED) is 0.716. The molecule has 0 bridgehead atoms. The molecule has 1 aliphatic rings. The monoisotopic (exact) mass is 247 g/mol. The molecule has 1 saturated heterocycles. The summed E-state index contributed by atoms with van der Waals surface area (Å²) in [6, 6.07) is 10.8. The van der Waals surface area contributed by atoms with Gasteiger partial charge in [0.15, 0.2) is 0 Å². The topological polar surface area (TPSA) is 12.5 Å². The molecule has 1 heterocycles. The maximum absolute atomic E-state index is 5.46. The van der Waals surface area contributed by atoms with Crippen LogP contribution in [0.4, 0.5) is 0 Å². The lowest BCUT2D eigenvalue weighted by Crippen LogP contribution is -2.39. The van der Waals surface area contributed by atoms with E-state index in [0.717, 1.165) is 6.54 Å². The average molecular weight is 247 g/mol. The van der Waals surface area contributed by atoms with E-state index in [-0.39, 0.29) is 0 Å². The van der Waals surface area contributed by atoms with Gasteiger partial charge in [0.05, 0.1) is 6.10 Å². The number of hydrogen-bond acceptors (Lipinski definition) is 2. The molecular weight excluding hydrogens is 222 g/mol. The van der Waals surface area contributed by atoms with Gasteiger partial charge in [-0.15, -0.1) is 0 Å². The van der Waals surface area contributed by atoms with E-state index >= 15 is 0 Å². The number of nitrogens with zero attached hydrogens (tertiary/aromatic N) is 1. The molecule has 2 rings (SSSR count). The minimum absolute atomic E-state index is 0.466. The number of likely N-dealkylation sites (tertiary alicyclic amines) is 1. The first-order valence-electron chi connectivity index (χ1n) is 7.17. The van der Waals surface area contributed by atoms with Crippen molar-refractivity contribution in [3.8, 4) is 0 Å². The van der Waals surface area contributed by atoms with E-state index in [1.807, 2.05) is 7.11 Å². The lowest BCUT2D eigenvalue weighted by molar-refractivity contribution is 0.0309. The molecule has 0 radical (unpaired) electrons. The van der Waals surface area contributed by atoms with E-state index in [4.69, 9.17) is 4.74 Å². The van der Waals surface area contributed by atoms with Crippen molar-refractivity contribution < 1.29 is 4.74 Å². The molecule has 0 amide bonds. The summed E-state index contributed by atoms with van der Waals surface area (Å²) in [5, 5.41) is 0. The smallest absolute Gasteiger partial charge is 0.0698 e. The number of hydrogen-bond donors (Lipinski definition) is 0. The summed E-state index contributed by atoms with van der Waals surface area (Å²) in [5.74, 6) is 0. The second kappa shape index (κ2) is 7.55. The first-order chi connectivity index (χ1) is 8.88. The molecule has 1 aromatic carbocycles. The second-order valence-corrected chi connectivity index (χ2v) is 5.24. The Labute approximate surface area is 111 Å². The lowest BCUT2D eigenvalue weighted by Gasteiger charge is -2.31. The summed E-state index contributed by atoms with van der Waals surface area (Å²) in [6.07, 6.45) is 6.79. The van der Waals surface area contributed by atoms with Gasteiger partial charge >= 0.3 is 0 Å². The highest BCUT2D eigenvalue weighted by molar-refractivity contribution is 5.14. The number of aryl methyl sites for hydroxylation is 1. The van der Waals surface area contributed by atoms with Gasteiger partial charge < -0.3 is 9.64 Å². The Kier molecular flexibility index (Phi) is 5.69.